The van der Waals surface area contributed by atoms with Crippen molar-refractivity contribution in [2.75, 3.05) is 11.9 Å². The van der Waals surface area contributed by atoms with E-state index in [1.807, 2.05) is 37.3 Å². The number of anilines is 1. The predicted octanol–water partition coefficient (Wildman–Crippen LogP) is 4.45. The molecule has 1 amide bonds. The minimum atomic E-state index is -0.212. The van der Waals surface area contributed by atoms with E-state index in [-0.39, 0.29) is 5.91 Å². The fourth-order valence-electron chi connectivity index (χ4n) is 2.26. The van der Waals surface area contributed by atoms with Crippen molar-refractivity contribution in [3.8, 4) is 17.1 Å². The Morgan fingerprint density at radius 1 is 1.08 bits per heavy atom. The van der Waals surface area contributed by atoms with Gasteiger partial charge in [0, 0.05) is 27.9 Å². The summed E-state index contributed by atoms with van der Waals surface area (Å²) < 4.78 is 5.28. The highest BCUT2D eigenvalue weighted by atomic mass is 35.5. The summed E-state index contributed by atoms with van der Waals surface area (Å²) in [6.07, 6.45) is 0. The fourth-order valence-corrected chi connectivity index (χ4v) is 2.45. The Kier molecular flexibility index (Phi) is 5.26. The van der Waals surface area contributed by atoms with Crippen LogP contribution in [0.3, 0.4) is 0 Å². The Morgan fingerprint density at radius 2 is 1.88 bits per heavy atom. The molecule has 0 unspecified atom stereocenters. The second kappa shape index (κ2) is 7.77. The Bertz CT molecular complexity index is 865. The van der Waals surface area contributed by atoms with Crippen molar-refractivity contribution in [1.82, 2.24) is 10.2 Å². The summed E-state index contributed by atoms with van der Waals surface area (Å²) in [5.41, 5.74) is 2.83. The second-order valence-electron chi connectivity index (χ2n) is 5.23. The summed E-state index contributed by atoms with van der Waals surface area (Å²) in [5, 5.41) is 11.5. The zero-order valence-electron chi connectivity index (χ0n) is 13.6. The molecular weight excluding hydrogens is 338 g/mol. The standard InChI is InChI=1S/C19H16ClN3O2/c1-2-25-18-11-10-17(22-23-18)13-6-8-16(9-7-13)21-19(24)14-4-3-5-15(20)12-14/h3-12H,2H2,1H3,(H,21,24). The lowest BCUT2D eigenvalue weighted by atomic mass is 10.1. The summed E-state index contributed by atoms with van der Waals surface area (Å²) in [7, 11) is 0. The van der Waals surface area contributed by atoms with Crippen molar-refractivity contribution >= 4 is 23.2 Å². The van der Waals surface area contributed by atoms with E-state index in [1.54, 1.807) is 30.3 Å². The lowest BCUT2D eigenvalue weighted by Crippen LogP contribution is -2.11. The minimum Gasteiger partial charge on any atom is -0.477 e. The molecule has 3 aromatic rings. The number of ether oxygens (including phenoxy) is 1. The van der Waals surface area contributed by atoms with E-state index in [4.69, 9.17) is 16.3 Å². The normalized spacial score (nSPS) is 10.3. The van der Waals surface area contributed by atoms with Crippen LogP contribution in [-0.2, 0) is 0 Å². The molecule has 6 heteroatoms. The Hall–Kier alpha value is -2.92. The van der Waals surface area contributed by atoms with Crippen LogP contribution in [-0.4, -0.2) is 22.7 Å². The number of benzene rings is 2. The van der Waals surface area contributed by atoms with Gasteiger partial charge < -0.3 is 10.1 Å². The SMILES string of the molecule is CCOc1ccc(-c2ccc(NC(=O)c3cccc(Cl)c3)cc2)nn1. The number of carbonyl (C=O) groups is 1. The lowest BCUT2D eigenvalue weighted by molar-refractivity contribution is 0.102. The quantitative estimate of drug-likeness (QED) is 0.736. The summed E-state index contributed by atoms with van der Waals surface area (Å²) in [4.78, 5) is 12.2. The van der Waals surface area contributed by atoms with Crippen LogP contribution in [0, 0.1) is 0 Å². The minimum absolute atomic E-state index is 0.212. The van der Waals surface area contributed by atoms with Gasteiger partial charge in [0.25, 0.3) is 5.91 Å². The van der Waals surface area contributed by atoms with Crippen LogP contribution < -0.4 is 10.1 Å². The number of halogens is 1. The zero-order chi connectivity index (χ0) is 17.6. The maximum Gasteiger partial charge on any atom is 0.255 e. The number of aromatic nitrogens is 2. The molecular formula is C19H16ClN3O2. The van der Waals surface area contributed by atoms with Gasteiger partial charge in [-0.2, -0.15) is 0 Å². The van der Waals surface area contributed by atoms with E-state index in [0.29, 0.717) is 28.8 Å². The van der Waals surface area contributed by atoms with Crippen molar-refractivity contribution in [2.24, 2.45) is 0 Å². The third-order valence-corrected chi connectivity index (χ3v) is 3.69. The summed E-state index contributed by atoms with van der Waals surface area (Å²) >= 11 is 5.91. The molecule has 126 valence electrons. The first-order valence-corrected chi connectivity index (χ1v) is 8.17. The topological polar surface area (TPSA) is 64.1 Å². The maximum absolute atomic E-state index is 12.2. The molecule has 0 bridgehead atoms. The molecule has 2 aromatic carbocycles. The highest BCUT2D eigenvalue weighted by Crippen LogP contribution is 2.21. The first-order chi connectivity index (χ1) is 12.2. The Balaban J connectivity index is 1.70. The average Bonchev–Trinajstić information content (AvgIpc) is 2.63. The molecule has 0 radical (unpaired) electrons. The number of amides is 1. The fraction of sp³-hybridized carbons (Fsp3) is 0.105. The van der Waals surface area contributed by atoms with Gasteiger partial charge in [-0.1, -0.05) is 29.8 Å². The first kappa shape index (κ1) is 16.9. The van der Waals surface area contributed by atoms with Gasteiger partial charge >= 0.3 is 0 Å². The number of nitrogens with one attached hydrogen (secondary N) is 1. The predicted molar refractivity (Wildman–Crippen MR) is 98.0 cm³/mol. The number of carbonyl (C=O) groups excluding carboxylic acids is 1. The molecule has 1 N–H and O–H groups in total. The van der Waals surface area contributed by atoms with E-state index in [0.717, 1.165) is 11.3 Å². The number of nitrogens with zero attached hydrogens (tertiary/aromatic N) is 2. The van der Waals surface area contributed by atoms with E-state index in [9.17, 15) is 4.79 Å². The van der Waals surface area contributed by atoms with E-state index in [2.05, 4.69) is 15.5 Å². The van der Waals surface area contributed by atoms with Crippen LogP contribution in [0.25, 0.3) is 11.3 Å². The monoisotopic (exact) mass is 353 g/mol. The van der Waals surface area contributed by atoms with Crippen LogP contribution in [0.1, 0.15) is 17.3 Å². The van der Waals surface area contributed by atoms with Gasteiger partial charge in [0.15, 0.2) is 0 Å². The number of hydrogen-bond acceptors (Lipinski definition) is 4. The van der Waals surface area contributed by atoms with Crippen molar-refractivity contribution in [1.29, 1.82) is 0 Å². The van der Waals surface area contributed by atoms with Gasteiger partial charge in [-0.3, -0.25) is 4.79 Å². The van der Waals surface area contributed by atoms with Crippen LogP contribution in [0.5, 0.6) is 5.88 Å². The zero-order valence-corrected chi connectivity index (χ0v) is 14.3. The second-order valence-corrected chi connectivity index (χ2v) is 5.67. The maximum atomic E-state index is 12.2. The molecule has 1 aromatic heterocycles. The van der Waals surface area contributed by atoms with E-state index < -0.39 is 0 Å². The van der Waals surface area contributed by atoms with Gasteiger partial charge in [-0.25, -0.2) is 0 Å². The molecule has 0 fully saturated rings. The van der Waals surface area contributed by atoms with E-state index >= 15 is 0 Å². The summed E-state index contributed by atoms with van der Waals surface area (Å²) in [6, 6.07) is 17.8. The number of hydrogen-bond donors (Lipinski definition) is 1. The van der Waals surface area contributed by atoms with Gasteiger partial charge in [0.2, 0.25) is 5.88 Å². The molecule has 5 nitrogen and oxygen atoms in total. The average molecular weight is 354 g/mol. The molecule has 0 aliphatic heterocycles. The van der Waals surface area contributed by atoms with Crippen LogP contribution in [0.2, 0.25) is 5.02 Å². The smallest absolute Gasteiger partial charge is 0.255 e. The van der Waals surface area contributed by atoms with Gasteiger partial charge in [-0.15, -0.1) is 10.2 Å². The molecule has 0 spiro atoms. The van der Waals surface area contributed by atoms with Gasteiger partial charge in [0.05, 0.1) is 12.3 Å². The summed E-state index contributed by atoms with van der Waals surface area (Å²) in [5.74, 6) is 0.285. The van der Waals surface area contributed by atoms with E-state index in [1.165, 1.54) is 0 Å². The van der Waals surface area contributed by atoms with Crippen LogP contribution >= 0.6 is 11.6 Å². The van der Waals surface area contributed by atoms with Crippen LogP contribution in [0.15, 0.2) is 60.7 Å². The van der Waals surface area contributed by atoms with Crippen molar-refractivity contribution in [3.05, 3.63) is 71.2 Å². The molecule has 0 saturated heterocycles. The lowest BCUT2D eigenvalue weighted by Gasteiger charge is -2.07. The highest BCUT2D eigenvalue weighted by Gasteiger charge is 2.07. The molecule has 0 aliphatic carbocycles. The molecule has 25 heavy (non-hydrogen) atoms. The molecule has 0 atom stereocenters. The highest BCUT2D eigenvalue weighted by molar-refractivity contribution is 6.31. The van der Waals surface area contributed by atoms with Gasteiger partial charge in [0.1, 0.15) is 0 Å². The van der Waals surface area contributed by atoms with Gasteiger partial charge in [-0.05, 0) is 43.3 Å². The Labute approximate surface area is 150 Å². The summed E-state index contributed by atoms with van der Waals surface area (Å²) in [6.45, 7) is 2.45. The molecule has 0 saturated carbocycles. The molecule has 3 rings (SSSR count). The first-order valence-electron chi connectivity index (χ1n) is 7.79. The van der Waals surface area contributed by atoms with Crippen molar-refractivity contribution < 1.29 is 9.53 Å². The molecule has 0 aliphatic rings. The Morgan fingerprint density at radius 3 is 2.52 bits per heavy atom. The molecule has 1 heterocycles. The van der Waals surface area contributed by atoms with Crippen LogP contribution in [0.4, 0.5) is 5.69 Å². The largest absolute Gasteiger partial charge is 0.477 e. The van der Waals surface area contributed by atoms with Crippen molar-refractivity contribution in [2.45, 2.75) is 6.92 Å². The number of rotatable bonds is 5. The third-order valence-electron chi connectivity index (χ3n) is 3.46. The third kappa shape index (κ3) is 4.33. The van der Waals surface area contributed by atoms with Crippen molar-refractivity contribution in [3.63, 3.8) is 0 Å².